The van der Waals surface area contributed by atoms with Gasteiger partial charge in [0, 0.05) is 12.1 Å². The zero-order valence-electron chi connectivity index (χ0n) is 16.4. The molecule has 2 heterocycles. The van der Waals surface area contributed by atoms with Crippen LogP contribution in [0.2, 0.25) is 0 Å². The Morgan fingerprint density at radius 2 is 2.10 bits per heavy atom. The van der Waals surface area contributed by atoms with Crippen molar-refractivity contribution in [2.75, 3.05) is 26.6 Å². The lowest BCUT2D eigenvalue weighted by atomic mass is 9.76. The van der Waals surface area contributed by atoms with Gasteiger partial charge in [-0.15, -0.1) is 0 Å². The molecular formula is C23H23NO5. The minimum Gasteiger partial charge on any atom is -0.489 e. The maximum Gasteiger partial charge on any atom is 0.410 e. The number of benzene rings is 2. The summed E-state index contributed by atoms with van der Waals surface area (Å²) in [6.07, 6.45) is 2.96. The van der Waals surface area contributed by atoms with E-state index in [0.717, 1.165) is 45.9 Å². The molecule has 2 aliphatic heterocycles. The van der Waals surface area contributed by atoms with Crippen LogP contribution in [0.25, 0.3) is 11.1 Å². The predicted molar refractivity (Wildman–Crippen MR) is 108 cm³/mol. The van der Waals surface area contributed by atoms with Crippen LogP contribution in [0.4, 0.5) is 4.79 Å². The van der Waals surface area contributed by atoms with E-state index in [4.69, 9.17) is 18.9 Å². The van der Waals surface area contributed by atoms with E-state index in [1.54, 1.807) is 6.08 Å². The highest BCUT2D eigenvalue weighted by Gasteiger charge is 2.39. The largest absolute Gasteiger partial charge is 0.489 e. The van der Waals surface area contributed by atoms with Gasteiger partial charge in [0.05, 0.1) is 12.6 Å². The molecule has 29 heavy (non-hydrogen) atoms. The van der Waals surface area contributed by atoms with Crippen LogP contribution in [-0.2, 0) is 17.6 Å². The Kier molecular flexibility index (Phi) is 4.34. The molecular weight excluding hydrogens is 370 g/mol. The summed E-state index contributed by atoms with van der Waals surface area (Å²) in [6, 6.07) is 8.11. The molecule has 0 spiro atoms. The summed E-state index contributed by atoms with van der Waals surface area (Å²) in [7, 11) is 0. The predicted octanol–water partition coefficient (Wildman–Crippen LogP) is 4.26. The molecule has 6 nitrogen and oxygen atoms in total. The SMILES string of the molecule is C=CCOc1ccc2c3c1-c1cc4c(cc1CC3N(C(=O)OCC)CC2)OCO4. The lowest BCUT2D eigenvalue weighted by molar-refractivity contribution is 0.0861. The van der Waals surface area contributed by atoms with Crippen molar-refractivity contribution >= 4 is 6.09 Å². The minimum absolute atomic E-state index is 0.0899. The van der Waals surface area contributed by atoms with E-state index in [1.807, 2.05) is 30.0 Å². The van der Waals surface area contributed by atoms with E-state index < -0.39 is 0 Å². The molecule has 150 valence electrons. The number of nitrogens with zero attached hydrogens (tertiary/aromatic N) is 1. The number of carbonyl (C=O) groups is 1. The van der Waals surface area contributed by atoms with E-state index >= 15 is 0 Å². The van der Waals surface area contributed by atoms with Crippen molar-refractivity contribution in [3.63, 3.8) is 0 Å². The fourth-order valence-corrected chi connectivity index (χ4v) is 4.57. The quantitative estimate of drug-likeness (QED) is 0.727. The number of carbonyl (C=O) groups excluding carboxylic acids is 1. The first-order chi connectivity index (χ1) is 14.2. The summed E-state index contributed by atoms with van der Waals surface area (Å²) in [6.45, 7) is 7.24. The molecule has 2 aromatic carbocycles. The zero-order valence-corrected chi connectivity index (χ0v) is 16.4. The Hall–Kier alpha value is -3.15. The van der Waals surface area contributed by atoms with Crippen LogP contribution >= 0.6 is 0 Å². The molecule has 0 aromatic heterocycles. The molecule has 0 saturated heterocycles. The molecule has 2 aromatic rings. The molecule has 6 heteroatoms. The van der Waals surface area contributed by atoms with Crippen molar-refractivity contribution < 1.29 is 23.7 Å². The van der Waals surface area contributed by atoms with E-state index in [1.165, 1.54) is 5.56 Å². The number of fused-ring (bicyclic) bond motifs is 3. The third kappa shape index (κ3) is 2.82. The molecule has 1 atom stereocenters. The van der Waals surface area contributed by atoms with Crippen molar-refractivity contribution in [1.29, 1.82) is 0 Å². The van der Waals surface area contributed by atoms with Crippen molar-refractivity contribution in [3.05, 3.63) is 53.6 Å². The van der Waals surface area contributed by atoms with Crippen LogP contribution in [0.3, 0.4) is 0 Å². The second-order valence-corrected chi connectivity index (χ2v) is 7.34. The summed E-state index contributed by atoms with van der Waals surface area (Å²) in [5.74, 6) is 2.28. The molecule has 1 unspecified atom stereocenters. The fraction of sp³-hybridized carbons (Fsp3) is 0.348. The zero-order chi connectivity index (χ0) is 20.0. The summed E-state index contributed by atoms with van der Waals surface area (Å²) >= 11 is 0. The Labute approximate surface area is 169 Å². The number of ether oxygens (including phenoxy) is 4. The maximum absolute atomic E-state index is 12.7. The first-order valence-electron chi connectivity index (χ1n) is 9.97. The lowest BCUT2D eigenvalue weighted by Gasteiger charge is -2.41. The average Bonchev–Trinajstić information content (AvgIpc) is 3.19. The molecule has 3 aliphatic rings. The molecule has 1 aliphatic carbocycles. The fourth-order valence-electron chi connectivity index (χ4n) is 4.57. The molecule has 0 N–H and O–H groups in total. The highest BCUT2D eigenvalue weighted by molar-refractivity contribution is 5.84. The average molecular weight is 393 g/mol. The molecule has 0 bridgehead atoms. The summed E-state index contributed by atoms with van der Waals surface area (Å²) < 4.78 is 22.6. The van der Waals surface area contributed by atoms with Gasteiger partial charge in [-0.25, -0.2) is 4.79 Å². The van der Waals surface area contributed by atoms with Crippen LogP contribution in [0, 0.1) is 0 Å². The van der Waals surface area contributed by atoms with Gasteiger partial charge in [0.15, 0.2) is 11.5 Å². The Morgan fingerprint density at radius 3 is 2.90 bits per heavy atom. The van der Waals surface area contributed by atoms with Crippen LogP contribution in [0.5, 0.6) is 17.2 Å². The summed E-state index contributed by atoms with van der Waals surface area (Å²) in [5, 5.41) is 0. The second-order valence-electron chi connectivity index (χ2n) is 7.34. The van der Waals surface area contributed by atoms with Gasteiger partial charge in [-0.1, -0.05) is 18.7 Å². The van der Waals surface area contributed by atoms with E-state index in [2.05, 4.69) is 12.6 Å². The molecule has 0 fully saturated rings. The van der Waals surface area contributed by atoms with Gasteiger partial charge in [0.2, 0.25) is 6.79 Å². The number of hydrogen-bond donors (Lipinski definition) is 0. The standard InChI is InChI=1S/C23H23NO5/c1-3-9-27-18-6-5-14-7-8-24(23(25)26-4-2)17-10-15-11-19-20(29-13-28-19)12-16(15)22(18)21(14)17/h3,5-6,11-12,17H,1,4,7-10,13H2,2H3. The van der Waals surface area contributed by atoms with Crippen LogP contribution in [0.15, 0.2) is 36.9 Å². The molecule has 1 amide bonds. The Balaban J connectivity index is 1.70. The van der Waals surface area contributed by atoms with Crippen molar-refractivity contribution in [2.45, 2.75) is 25.8 Å². The van der Waals surface area contributed by atoms with Gasteiger partial charge in [-0.3, -0.25) is 0 Å². The van der Waals surface area contributed by atoms with Crippen LogP contribution in [0.1, 0.15) is 29.7 Å². The van der Waals surface area contributed by atoms with Gasteiger partial charge < -0.3 is 23.8 Å². The number of amides is 1. The maximum atomic E-state index is 12.7. The van der Waals surface area contributed by atoms with Crippen molar-refractivity contribution in [2.24, 2.45) is 0 Å². The van der Waals surface area contributed by atoms with E-state index in [-0.39, 0.29) is 18.9 Å². The van der Waals surface area contributed by atoms with Gasteiger partial charge in [0.1, 0.15) is 12.4 Å². The lowest BCUT2D eigenvalue weighted by Crippen LogP contribution is -2.42. The van der Waals surface area contributed by atoms with Crippen molar-refractivity contribution in [1.82, 2.24) is 4.90 Å². The summed E-state index contributed by atoms with van der Waals surface area (Å²) in [5.41, 5.74) is 5.62. The third-order valence-corrected chi connectivity index (χ3v) is 5.77. The van der Waals surface area contributed by atoms with Gasteiger partial charge >= 0.3 is 6.09 Å². The molecule has 0 radical (unpaired) electrons. The second kappa shape index (κ2) is 7.03. The van der Waals surface area contributed by atoms with Crippen LogP contribution < -0.4 is 14.2 Å². The summed E-state index contributed by atoms with van der Waals surface area (Å²) in [4.78, 5) is 14.5. The highest BCUT2D eigenvalue weighted by atomic mass is 16.7. The molecule has 0 saturated carbocycles. The number of rotatable bonds is 4. The van der Waals surface area contributed by atoms with E-state index in [9.17, 15) is 4.79 Å². The molecule has 5 rings (SSSR count). The third-order valence-electron chi connectivity index (χ3n) is 5.77. The Bertz CT molecular complexity index is 999. The topological polar surface area (TPSA) is 57.2 Å². The smallest absolute Gasteiger partial charge is 0.410 e. The Morgan fingerprint density at radius 1 is 1.28 bits per heavy atom. The van der Waals surface area contributed by atoms with Crippen molar-refractivity contribution in [3.8, 4) is 28.4 Å². The normalized spacial score (nSPS) is 18.0. The first kappa shape index (κ1) is 17.9. The van der Waals surface area contributed by atoms with E-state index in [0.29, 0.717) is 26.2 Å². The van der Waals surface area contributed by atoms with Gasteiger partial charge in [-0.05, 0) is 60.2 Å². The first-order valence-corrected chi connectivity index (χ1v) is 9.97. The highest BCUT2D eigenvalue weighted by Crippen LogP contribution is 2.52. The minimum atomic E-state index is -0.268. The van der Waals surface area contributed by atoms with Crippen LogP contribution in [-0.4, -0.2) is 37.5 Å². The van der Waals surface area contributed by atoms with Gasteiger partial charge in [-0.2, -0.15) is 0 Å². The monoisotopic (exact) mass is 393 g/mol. The van der Waals surface area contributed by atoms with Gasteiger partial charge in [0.25, 0.3) is 0 Å². The number of hydrogen-bond acceptors (Lipinski definition) is 5.